The minimum absolute atomic E-state index is 0.0973. The molecule has 0 atom stereocenters. The van der Waals surface area contributed by atoms with Crippen molar-refractivity contribution < 1.29 is 9.18 Å². The van der Waals surface area contributed by atoms with Gasteiger partial charge in [-0.15, -0.1) is 0 Å². The Morgan fingerprint density at radius 1 is 0.962 bits per heavy atom. The number of rotatable bonds is 7. The zero-order valence-electron chi connectivity index (χ0n) is 17.1. The number of nitrogens with zero attached hydrogens (tertiary/aromatic N) is 1. The molecule has 0 saturated heterocycles. The van der Waals surface area contributed by atoms with E-state index in [-0.39, 0.29) is 11.6 Å². The molecule has 2 rings (SSSR count). The lowest BCUT2D eigenvalue weighted by Crippen LogP contribution is -2.51. The van der Waals surface area contributed by atoms with Crippen LogP contribution in [0.3, 0.4) is 0 Å². The summed E-state index contributed by atoms with van der Waals surface area (Å²) >= 11 is 0. The van der Waals surface area contributed by atoms with Crippen LogP contribution in [-0.4, -0.2) is 18.3 Å². The Morgan fingerprint density at radius 3 is 1.88 bits per heavy atom. The lowest BCUT2D eigenvalue weighted by Gasteiger charge is -2.44. The number of ketones is 1. The van der Waals surface area contributed by atoms with Crippen molar-refractivity contribution >= 4 is 14.0 Å². The van der Waals surface area contributed by atoms with Gasteiger partial charge in [-0.1, -0.05) is 53.7 Å². The Morgan fingerprint density at radius 2 is 1.46 bits per heavy atom. The van der Waals surface area contributed by atoms with Gasteiger partial charge in [-0.3, -0.25) is 4.79 Å². The lowest BCUT2D eigenvalue weighted by molar-refractivity contribution is 0.101. The standard InChI is InChI=1S/C22H32FNOSi/c1-15(2)26(16(3)4,17(5)6)24-13-20(22(14-24)18(7)25)12-19-8-10-21(23)11-9-19/h8-11,13-17H,12H2,1-7H3. The minimum atomic E-state index is -1.88. The normalized spacial score (nSPS) is 12.4. The summed E-state index contributed by atoms with van der Waals surface area (Å²) in [6.45, 7) is 15.5. The van der Waals surface area contributed by atoms with Crippen LogP contribution < -0.4 is 0 Å². The molecule has 142 valence electrons. The van der Waals surface area contributed by atoms with Crippen LogP contribution in [0.5, 0.6) is 0 Å². The van der Waals surface area contributed by atoms with Gasteiger partial charge in [0.15, 0.2) is 14.0 Å². The first kappa shape index (κ1) is 20.6. The van der Waals surface area contributed by atoms with E-state index in [9.17, 15) is 9.18 Å². The second kappa shape index (κ2) is 7.91. The van der Waals surface area contributed by atoms with Crippen LogP contribution in [0.2, 0.25) is 16.6 Å². The fraction of sp³-hybridized carbons (Fsp3) is 0.500. The molecular weight excluding hydrogens is 341 g/mol. The van der Waals surface area contributed by atoms with Crippen molar-refractivity contribution in [2.24, 2.45) is 0 Å². The number of hydrogen-bond donors (Lipinski definition) is 0. The van der Waals surface area contributed by atoms with E-state index in [1.54, 1.807) is 19.1 Å². The zero-order valence-corrected chi connectivity index (χ0v) is 18.1. The van der Waals surface area contributed by atoms with Gasteiger partial charge in [0.1, 0.15) is 5.82 Å². The largest absolute Gasteiger partial charge is 0.379 e. The molecule has 1 aromatic heterocycles. The van der Waals surface area contributed by atoms with E-state index in [0.717, 1.165) is 16.7 Å². The Hall–Kier alpha value is -1.68. The van der Waals surface area contributed by atoms with Gasteiger partial charge in [-0.05, 0) is 59.4 Å². The summed E-state index contributed by atoms with van der Waals surface area (Å²) in [6, 6.07) is 6.56. The molecule has 26 heavy (non-hydrogen) atoms. The number of halogens is 1. The quantitative estimate of drug-likeness (QED) is 0.404. The third-order valence-electron chi connectivity index (χ3n) is 5.82. The number of carbonyl (C=O) groups is 1. The van der Waals surface area contributed by atoms with Crippen LogP contribution in [0.25, 0.3) is 0 Å². The van der Waals surface area contributed by atoms with E-state index in [0.29, 0.717) is 23.0 Å². The predicted molar refractivity (Wildman–Crippen MR) is 110 cm³/mol. The fourth-order valence-electron chi connectivity index (χ4n) is 4.89. The van der Waals surface area contributed by atoms with Crippen LogP contribution in [0, 0.1) is 5.82 Å². The summed E-state index contributed by atoms with van der Waals surface area (Å²) in [4.78, 5) is 12.3. The summed E-state index contributed by atoms with van der Waals surface area (Å²) in [5.41, 5.74) is 4.56. The van der Waals surface area contributed by atoms with Crippen LogP contribution in [0.4, 0.5) is 4.39 Å². The summed E-state index contributed by atoms with van der Waals surface area (Å²) in [7, 11) is -1.88. The summed E-state index contributed by atoms with van der Waals surface area (Å²) in [6.07, 6.45) is 4.95. The van der Waals surface area contributed by atoms with Gasteiger partial charge in [0.05, 0.1) is 0 Å². The van der Waals surface area contributed by atoms with Crippen molar-refractivity contribution in [2.45, 2.75) is 71.5 Å². The SMILES string of the molecule is CC(=O)c1cn([Si](C(C)C)(C(C)C)C(C)C)cc1Cc1ccc(F)cc1. The number of hydrogen-bond acceptors (Lipinski definition) is 1. The van der Waals surface area contributed by atoms with Gasteiger partial charge in [-0.2, -0.15) is 0 Å². The van der Waals surface area contributed by atoms with Crippen molar-refractivity contribution in [3.05, 3.63) is 59.2 Å². The molecule has 0 aliphatic rings. The topological polar surface area (TPSA) is 22.0 Å². The Bertz CT molecular complexity index is 737. The molecule has 2 nitrogen and oxygen atoms in total. The molecule has 0 unspecified atom stereocenters. The Kier molecular flexibility index (Phi) is 6.27. The van der Waals surface area contributed by atoms with E-state index in [2.05, 4.69) is 58.2 Å². The molecule has 1 aromatic carbocycles. The first-order valence-corrected chi connectivity index (χ1v) is 11.7. The average Bonchev–Trinajstić information content (AvgIpc) is 2.93. The third kappa shape index (κ3) is 3.71. The fourth-order valence-corrected chi connectivity index (χ4v) is 11.4. The highest BCUT2D eigenvalue weighted by Crippen LogP contribution is 2.43. The van der Waals surface area contributed by atoms with Crippen molar-refractivity contribution in [3.8, 4) is 0 Å². The highest BCUT2D eigenvalue weighted by Gasteiger charge is 2.45. The van der Waals surface area contributed by atoms with Gasteiger partial charge in [-0.25, -0.2) is 4.39 Å². The molecule has 0 radical (unpaired) electrons. The molecule has 0 N–H and O–H groups in total. The molecular formula is C22H32FNOSi. The second-order valence-corrected chi connectivity index (χ2v) is 14.1. The molecule has 0 aliphatic heterocycles. The van der Waals surface area contributed by atoms with E-state index >= 15 is 0 Å². The number of Topliss-reactive ketones (excluding diaryl/α,β-unsaturated/α-hetero) is 1. The van der Waals surface area contributed by atoms with E-state index < -0.39 is 8.24 Å². The molecule has 2 aromatic rings. The first-order valence-electron chi connectivity index (χ1n) is 9.57. The van der Waals surface area contributed by atoms with Crippen LogP contribution >= 0.6 is 0 Å². The van der Waals surface area contributed by atoms with Gasteiger partial charge >= 0.3 is 0 Å². The maximum Gasteiger partial charge on any atom is 0.168 e. The Balaban J connectivity index is 2.57. The van der Waals surface area contributed by atoms with Gasteiger partial charge in [0.25, 0.3) is 0 Å². The third-order valence-corrected chi connectivity index (χ3v) is 12.5. The summed E-state index contributed by atoms with van der Waals surface area (Å²) < 4.78 is 15.6. The monoisotopic (exact) mass is 373 g/mol. The lowest BCUT2D eigenvalue weighted by atomic mass is 10.0. The van der Waals surface area contributed by atoms with Gasteiger partial charge < -0.3 is 4.23 Å². The molecule has 0 spiro atoms. The number of aromatic nitrogens is 1. The number of benzene rings is 1. The molecule has 0 saturated carbocycles. The molecule has 0 bridgehead atoms. The van der Waals surface area contributed by atoms with Crippen LogP contribution in [-0.2, 0) is 6.42 Å². The molecule has 0 amide bonds. The summed E-state index contributed by atoms with van der Waals surface area (Å²) in [5, 5.41) is 0. The Labute approximate surface area is 158 Å². The minimum Gasteiger partial charge on any atom is -0.379 e. The number of carbonyl (C=O) groups excluding carboxylic acids is 1. The van der Waals surface area contributed by atoms with E-state index in [4.69, 9.17) is 0 Å². The highest BCUT2D eigenvalue weighted by molar-refractivity contribution is 6.82. The van der Waals surface area contributed by atoms with E-state index in [1.165, 1.54) is 12.1 Å². The first-order chi connectivity index (χ1) is 12.1. The maximum atomic E-state index is 13.2. The highest BCUT2D eigenvalue weighted by atomic mass is 28.3. The molecule has 4 heteroatoms. The molecule has 1 heterocycles. The summed E-state index contributed by atoms with van der Waals surface area (Å²) in [5.74, 6) is -0.135. The van der Waals surface area contributed by atoms with Crippen molar-refractivity contribution in [3.63, 3.8) is 0 Å². The average molecular weight is 374 g/mol. The van der Waals surface area contributed by atoms with Crippen molar-refractivity contribution in [1.82, 2.24) is 4.23 Å². The zero-order chi connectivity index (χ0) is 19.6. The molecule has 0 fully saturated rings. The van der Waals surface area contributed by atoms with Crippen molar-refractivity contribution in [2.75, 3.05) is 0 Å². The smallest absolute Gasteiger partial charge is 0.168 e. The molecule has 0 aliphatic carbocycles. The van der Waals surface area contributed by atoms with Gasteiger partial charge in [0.2, 0.25) is 0 Å². The predicted octanol–water partition coefficient (Wildman–Crippen LogP) is 6.44. The van der Waals surface area contributed by atoms with Crippen molar-refractivity contribution in [1.29, 1.82) is 0 Å². The van der Waals surface area contributed by atoms with E-state index in [1.807, 2.05) is 0 Å². The second-order valence-electron chi connectivity index (χ2n) is 8.32. The van der Waals surface area contributed by atoms with Gasteiger partial charge in [0, 0.05) is 11.8 Å². The van der Waals surface area contributed by atoms with Crippen LogP contribution in [0.1, 0.15) is 70.0 Å². The maximum absolute atomic E-state index is 13.2. The van der Waals surface area contributed by atoms with Crippen LogP contribution in [0.15, 0.2) is 36.7 Å².